The fourth-order valence-electron chi connectivity index (χ4n) is 1.97. The molecule has 1 saturated carbocycles. The molecule has 1 fully saturated rings. The van der Waals surface area contributed by atoms with Gasteiger partial charge in [0.05, 0.1) is 7.11 Å². The molecule has 0 atom stereocenters. The van der Waals surface area contributed by atoms with Crippen LogP contribution in [-0.2, 0) is 6.54 Å². The van der Waals surface area contributed by atoms with Gasteiger partial charge in [0.2, 0.25) is 0 Å². The lowest BCUT2D eigenvalue weighted by atomic mass is 10.1. The average molecular weight is 271 g/mol. The maximum absolute atomic E-state index is 12.4. The van der Waals surface area contributed by atoms with Crippen LogP contribution in [0.3, 0.4) is 0 Å². The molecule has 0 radical (unpaired) electrons. The molecule has 1 aromatic rings. The predicted octanol–water partition coefficient (Wildman–Crippen LogP) is 3.19. The molecule has 0 unspecified atom stereocenters. The Labute approximate surface area is 111 Å². The predicted molar refractivity (Wildman–Crippen MR) is 68.7 cm³/mol. The van der Waals surface area contributed by atoms with Crippen LogP contribution < -0.4 is 14.8 Å². The van der Waals surface area contributed by atoms with E-state index in [1.165, 1.54) is 20.0 Å². The first-order valence-corrected chi connectivity index (χ1v) is 6.35. The molecule has 2 rings (SSSR count). The second kappa shape index (κ2) is 5.74. The molecule has 1 aliphatic carbocycles. The normalized spacial score (nSPS) is 16.5. The fraction of sp³-hybridized carbons (Fsp3) is 0.571. The summed E-state index contributed by atoms with van der Waals surface area (Å²) in [6, 6.07) is 5.15. The Bertz CT molecular complexity index is 433. The molecule has 19 heavy (non-hydrogen) atoms. The van der Waals surface area contributed by atoms with Gasteiger partial charge in [-0.25, -0.2) is 0 Å². The summed E-state index contributed by atoms with van der Waals surface area (Å²) in [5, 5.41) is 3.29. The van der Waals surface area contributed by atoms with Crippen LogP contribution >= 0.6 is 0 Å². The zero-order valence-electron chi connectivity index (χ0n) is 11.2. The summed E-state index contributed by atoms with van der Waals surface area (Å²) in [6.07, 6.45) is 2.44. The van der Waals surface area contributed by atoms with Gasteiger partial charge < -0.3 is 14.8 Å². The van der Waals surface area contributed by atoms with E-state index in [1.54, 1.807) is 18.2 Å². The summed E-state index contributed by atoms with van der Waals surface area (Å²) in [5.41, 5.74) is 1.06. The minimum atomic E-state index is -2.85. The lowest BCUT2D eigenvalue weighted by molar-refractivity contribution is -0.0518. The van der Waals surface area contributed by atoms with Gasteiger partial charge in [0.15, 0.2) is 11.5 Å². The minimum Gasteiger partial charge on any atom is -0.493 e. The van der Waals surface area contributed by atoms with Crippen molar-refractivity contribution in [2.75, 3.05) is 13.7 Å². The van der Waals surface area contributed by atoms with E-state index >= 15 is 0 Å². The van der Waals surface area contributed by atoms with Crippen LogP contribution in [0.1, 0.15) is 25.3 Å². The first-order chi connectivity index (χ1) is 9.04. The Morgan fingerprint density at radius 3 is 2.68 bits per heavy atom. The van der Waals surface area contributed by atoms with Crippen molar-refractivity contribution >= 4 is 0 Å². The summed E-state index contributed by atoms with van der Waals surface area (Å²) in [5.74, 6) is 0.450. The average Bonchev–Trinajstić information content (AvgIpc) is 3.08. The highest BCUT2D eigenvalue weighted by Crippen LogP contribution is 2.44. The molecule has 106 valence electrons. The molecule has 3 nitrogen and oxygen atoms in total. The van der Waals surface area contributed by atoms with Crippen LogP contribution in [0.25, 0.3) is 0 Å². The van der Waals surface area contributed by atoms with Gasteiger partial charge in [-0.3, -0.25) is 0 Å². The van der Waals surface area contributed by atoms with Crippen molar-refractivity contribution in [3.8, 4) is 11.5 Å². The molecule has 0 heterocycles. The number of alkyl halides is 2. The van der Waals surface area contributed by atoms with Gasteiger partial charge in [0.1, 0.15) is 0 Å². The summed E-state index contributed by atoms with van der Waals surface area (Å²) in [7, 11) is 1.44. The highest BCUT2D eigenvalue weighted by atomic mass is 19.3. The Morgan fingerprint density at radius 2 is 2.11 bits per heavy atom. The standard InChI is InChI=1S/C14H19F2NO2/c1-14(6-7-14)9-17-8-10-4-3-5-11(18-2)12(10)19-13(15)16/h3-5,13,17H,6-9H2,1-2H3. The third-order valence-corrected chi connectivity index (χ3v) is 3.46. The zero-order chi connectivity index (χ0) is 13.9. The fourth-order valence-corrected chi connectivity index (χ4v) is 1.97. The van der Waals surface area contributed by atoms with Crippen molar-refractivity contribution in [2.45, 2.75) is 32.9 Å². The minimum absolute atomic E-state index is 0.119. The monoisotopic (exact) mass is 271 g/mol. The molecule has 0 bridgehead atoms. The molecule has 1 N–H and O–H groups in total. The van der Waals surface area contributed by atoms with Crippen LogP contribution in [0, 0.1) is 5.41 Å². The first-order valence-electron chi connectivity index (χ1n) is 6.35. The van der Waals surface area contributed by atoms with Crippen LogP contribution in [0.4, 0.5) is 8.78 Å². The highest BCUT2D eigenvalue weighted by molar-refractivity contribution is 5.46. The van der Waals surface area contributed by atoms with E-state index < -0.39 is 6.61 Å². The number of para-hydroxylation sites is 1. The molecular weight excluding hydrogens is 252 g/mol. The highest BCUT2D eigenvalue weighted by Gasteiger charge is 2.36. The maximum Gasteiger partial charge on any atom is 0.387 e. The SMILES string of the molecule is COc1cccc(CNCC2(C)CC2)c1OC(F)F. The van der Waals surface area contributed by atoms with Gasteiger partial charge in [-0.2, -0.15) is 8.78 Å². The third kappa shape index (κ3) is 3.80. The Morgan fingerprint density at radius 1 is 1.37 bits per heavy atom. The van der Waals surface area contributed by atoms with Crippen molar-refractivity contribution in [1.29, 1.82) is 0 Å². The number of hydrogen-bond acceptors (Lipinski definition) is 3. The van der Waals surface area contributed by atoms with Crippen LogP contribution in [0.15, 0.2) is 18.2 Å². The number of rotatable bonds is 7. The van der Waals surface area contributed by atoms with E-state index in [-0.39, 0.29) is 5.75 Å². The molecule has 1 aliphatic rings. The molecule has 5 heteroatoms. The van der Waals surface area contributed by atoms with Crippen molar-refractivity contribution in [2.24, 2.45) is 5.41 Å². The maximum atomic E-state index is 12.4. The summed E-state index contributed by atoms with van der Waals surface area (Å²) in [4.78, 5) is 0. The Hall–Kier alpha value is -1.36. The smallest absolute Gasteiger partial charge is 0.387 e. The third-order valence-electron chi connectivity index (χ3n) is 3.46. The number of methoxy groups -OCH3 is 1. The zero-order valence-corrected chi connectivity index (χ0v) is 11.2. The molecule has 0 spiro atoms. The second-order valence-corrected chi connectivity index (χ2v) is 5.24. The molecule has 1 aromatic carbocycles. The van der Waals surface area contributed by atoms with Crippen LogP contribution in [-0.4, -0.2) is 20.3 Å². The van der Waals surface area contributed by atoms with Crippen molar-refractivity contribution < 1.29 is 18.3 Å². The summed E-state index contributed by atoms with van der Waals surface area (Å²) >= 11 is 0. The number of halogens is 2. The van der Waals surface area contributed by atoms with Crippen molar-refractivity contribution in [3.63, 3.8) is 0 Å². The van der Waals surface area contributed by atoms with E-state index in [1.807, 2.05) is 0 Å². The molecular formula is C14H19F2NO2. The van der Waals surface area contributed by atoms with Gasteiger partial charge in [-0.15, -0.1) is 0 Å². The summed E-state index contributed by atoms with van der Waals surface area (Å²) < 4.78 is 34.5. The van der Waals surface area contributed by atoms with E-state index in [2.05, 4.69) is 17.0 Å². The van der Waals surface area contributed by atoms with Crippen molar-refractivity contribution in [3.05, 3.63) is 23.8 Å². The number of benzene rings is 1. The van der Waals surface area contributed by atoms with Crippen LogP contribution in [0.2, 0.25) is 0 Å². The van der Waals surface area contributed by atoms with Gasteiger partial charge in [0.25, 0.3) is 0 Å². The van der Waals surface area contributed by atoms with Crippen LogP contribution in [0.5, 0.6) is 11.5 Å². The molecule has 0 amide bonds. The van der Waals surface area contributed by atoms with E-state index in [9.17, 15) is 8.78 Å². The first kappa shape index (κ1) is 14.1. The van der Waals surface area contributed by atoms with Gasteiger partial charge >= 0.3 is 6.61 Å². The van der Waals surface area contributed by atoms with Gasteiger partial charge in [0, 0.05) is 18.7 Å². The molecule has 0 aromatic heterocycles. The van der Waals surface area contributed by atoms with Gasteiger partial charge in [-0.05, 0) is 24.3 Å². The second-order valence-electron chi connectivity index (χ2n) is 5.24. The number of hydrogen-bond donors (Lipinski definition) is 1. The Kier molecular flexibility index (Phi) is 4.24. The molecule has 0 saturated heterocycles. The topological polar surface area (TPSA) is 30.5 Å². The number of ether oxygens (including phenoxy) is 2. The van der Waals surface area contributed by atoms with Gasteiger partial charge in [-0.1, -0.05) is 19.1 Å². The van der Waals surface area contributed by atoms with E-state index in [0.717, 1.165) is 6.54 Å². The van der Waals surface area contributed by atoms with Crippen molar-refractivity contribution in [1.82, 2.24) is 5.32 Å². The lowest BCUT2D eigenvalue weighted by Crippen LogP contribution is -2.22. The molecule has 0 aliphatic heterocycles. The van der Waals surface area contributed by atoms with E-state index in [4.69, 9.17) is 4.74 Å². The summed E-state index contributed by atoms with van der Waals surface area (Å²) in [6.45, 7) is 0.742. The quantitative estimate of drug-likeness (QED) is 0.826. The lowest BCUT2D eigenvalue weighted by Gasteiger charge is -2.16. The number of nitrogens with one attached hydrogen (secondary N) is 1. The largest absolute Gasteiger partial charge is 0.493 e. The van der Waals surface area contributed by atoms with E-state index in [0.29, 0.717) is 23.3 Å². The Balaban J connectivity index is 2.04.